The Bertz CT molecular complexity index is 49.2. The monoisotopic (exact) mass is 197 g/mol. The molecule has 0 aromatic rings. The van der Waals surface area contributed by atoms with Crippen LogP contribution in [0.2, 0.25) is 8.35 Å². The van der Waals surface area contributed by atoms with Gasteiger partial charge in [0.2, 0.25) is 0 Å². The van der Waals surface area contributed by atoms with Crippen molar-refractivity contribution in [2.24, 2.45) is 0 Å². The van der Waals surface area contributed by atoms with Gasteiger partial charge in [-0.05, 0) is 0 Å². The van der Waals surface area contributed by atoms with Gasteiger partial charge in [0.1, 0.15) is 0 Å². The third-order valence-corrected chi connectivity index (χ3v) is 4.47. The van der Waals surface area contributed by atoms with E-state index >= 15 is 0 Å². The second kappa shape index (κ2) is 6.35. The Morgan fingerprint density at radius 3 is 1.86 bits per heavy atom. The zero-order valence-electron chi connectivity index (χ0n) is 4.56. The standard InChI is InChI=1S/2C3H5.In/c2*1-3-2;/h2*3H,1-2H2;. The van der Waals surface area contributed by atoms with Crippen LogP contribution in [0.5, 0.6) is 0 Å². The second-order valence-corrected chi connectivity index (χ2v) is 5.68. The van der Waals surface area contributed by atoms with E-state index in [2.05, 4.69) is 13.2 Å². The van der Waals surface area contributed by atoms with Crippen LogP contribution in [-0.2, 0) is 0 Å². The molecule has 0 N–H and O–H groups in total. The molecule has 0 saturated heterocycles. The molecule has 0 aliphatic carbocycles. The average molecular weight is 197 g/mol. The number of rotatable bonds is 4. The van der Waals surface area contributed by atoms with Crippen LogP contribution in [-0.4, -0.2) is 22.9 Å². The summed E-state index contributed by atoms with van der Waals surface area (Å²) in [4.78, 5) is 0. The predicted octanol–water partition coefficient (Wildman–Crippen LogP) is 1.90. The maximum absolute atomic E-state index is 3.65. The van der Waals surface area contributed by atoms with Crippen molar-refractivity contribution in [3.05, 3.63) is 25.3 Å². The van der Waals surface area contributed by atoms with E-state index in [0.717, 1.165) is 0 Å². The van der Waals surface area contributed by atoms with Gasteiger partial charge in [-0.25, -0.2) is 0 Å². The molecule has 0 spiro atoms. The molecule has 0 aromatic carbocycles. The molecule has 0 aliphatic rings. The molecule has 0 unspecified atom stereocenters. The summed E-state index contributed by atoms with van der Waals surface area (Å²) in [5.41, 5.74) is 0. The fourth-order valence-corrected chi connectivity index (χ4v) is 2.23. The molecule has 0 atom stereocenters. The van der Waals surface area contributed by atoms with Crippen LogP contribution < -0.4 is 0 Å². The van der Waals surface area contributed by atoms with E-state index in [1.54, 1.807) is 0 Å². The summed E-state index contributed by atoms with van der Waals surface area (Å²) in [7, 11) is 0. The van der Waals surface area contributed by atoms with Gasteiger partial charge in [-0.1, -0.05) is 0 Å². The van der Waals surface area contributed by atoms with Crippen molar-refractivity contribution < 1.29 is 0 Å². The second-order valence-electron chi connectivity index (χ2n) is 1.34. The zero-order valence-corrected chi connectivity index (χ0v) is 7.86. The van der Waals surface area contributed by atoms with E-state index in [1.165, 1.54) is 8.35 Å². The molecule has 1 radical (unpaired) electrons. The Labute approximate surface area is 56.7 Å². The molecule has 0 bridgehead atoms. The molecule has 7 heavy (non-hydrogen) atoms. The Kier molecular flexibility index (Phi) is 6.67. The van der Waals surface area contributed by atoms with Gasteiger partial charge in [-0.2, -0.15) is 0 Å². The molecule has 0 aromatic heterocycles. The molecular weight excluding hydrogens is 187 g/mol. The SMILES string of the molecule is C=C[CH2][In][CH2]C=C. The molecule has 0 nitrogen and oxygen atoms in total. The first-order valence-corrected chi connectivity index (χ1v) is 7.11. The van der Waals surface area contributed by atoms with E-state index < -0.39 is 0 Å². The van der Waals surface area contributed by atoms with Gasteiger partial charge < -0.3 is 0 Å². The van der Waals surface area contributed by atoms with Gasteiger partial charge in [-0.3, -0.25) is 0 Å². The minimum absolute atomic E-state index is 0.202. The predicted molar refractivity (Wildman–Crippen MR) is 35.8 cm³/mol. The van der Waals surface area contributed by atoms with E-state index in [1.807, 2.05) is 12.2 Å². The summed E-state index contributed by atoms with van der Waals surface area (Å²) in [5.74, 6) is 0. The third-order valence-electron chi connectivity index (χ3n) is 0.667. The first-order valence-electron chi connectivity index (χ1n) is 2.45. The van der Waals surface area contributed by atoms with E-state index in [0.29, 0.717) is 0 Å². The van der Waals surface area contributed by atoms with Crippen molar-refractivity contribution in [2.75, 3.05) is 0 Å². The van der Waals surface area contributed by atoms with Crippen LogP contribution in [0.25, 0.3) is 0 Å². The van der Waals surface area contributed by atoms with Crippen LogP contribution in [0.4, 0.5) is 0 Å². The number of hydrogen-bond donors (Lipinski definition) is 0. The van der Waals surface area contributed by atoms with Crippen molar-refractivity contribution in [3.8, 4) is 0 Å². The molecule has 0 rings (SSSR count). The van der Waals surface area contributed by atoms with Crippen molar-refractivity contribution in [1.82, 2.24) is 0 Å². The summed E-state index contributed by atoms with van der Waals surface area (Å²) in [6, 6.07) is 0. The Balaban J connectivity index is 2.68. The van der Waals surface area contributed by atoms with E-state index in [4.69, 9.17) is 0 Å². The van der Waals surface area contributed by atoms with Gasteiger partial charge in [0.25, 0.3) is 0 Å². The summed E-state index contributed by atoms with van der Waals surface area (Å²) in [6.45, 7) is 7.29. The van der Waals surface area contributed by atoms with Gasteiger partial charge in [-0.15, -0.1) is 0 Å². The van der Waals surface area contributed by atoms with Crippen LogP contribution >= 0.6 is 0 Å². The molecular formula is C6H10In. The number of allylic oxidation sites excluding steroid dienone is 2. The van der Waals surface area contributed by atoms with Crippen LogP contribution in [0.3, 0.4) is 0 Å². The molecule has 0 fully saturated rings. The topological polar surface area (TPSA) is 0 Å². The van der Waals surface area contributed by atoms with Crippen molar-refractivity contribution in [2.45, 2.75) is 8.35 Å². The van der Waals surface area contributed by atoms with Gasteiger partial charge in [0.15, 0.2) is 0 Å². The zero-order chi connectivity index (χ0) is 5.54. The van der Waals surface area contributed by atoms with Crippen molar-refractivity contribution >= 4 is 22.9 Å². The van der Waals surface area contributed by atoms with Gasteiger partial charge in [0, 0.05) is 0 Å². The minimum atomic E-state index is -0.202. The fourth-order valence-electron chi connectivity index (χ4n) is 0.332. The summed E-state index contributed by atoms with van der Waals surface area (Å²) >= 11 is -0.202. The number of hydrogen-bond acceptors (Lipinski definition) is 0. The van der Waals surface area contributed by atoms with Crippen molar-refractivity contribution in [1.29, 1.82) is 0 Å². The normalized spacial score (nSPS) is 7.43. The van der Waals surface area contributed by atoms with Crippen molar-refractivity contribution in [3.63, 3.8) is 0 Å². The van der Waals surface area contributed by atoms with Gasteiger partial charge >= 0.3 is 56.6 Å². The first-order chi connectivity index (χ1) is 3.41. The van der Waals surface area contributed by atoms with E-state index in [-0.39, 0.29) is 22.9 Å². The molecule has 0 saturated carbocycles. The average Bonchev–Trinajstić information content (AvgIpc) is 1.69. The van der Waals surface area contributed by atoms with Crippen LogP contribution in [0.15, 0.2) is 25.3 Å². The third kappa shape index (κ3) is 6.35. The molecule has 0 heterocycles. The van der Waals surface area contributed by atoms with Crippen LogP contribution in [0, 0.1) is 0 Å². The quantitative estimate of drug-likeness (QED) is 0.476. The van der Waals surface area contributed by atoms with Crippen LogP contribution in [0.1, 0.15) is 0 Å². The van der Waals surface area contributed by atoms with Gasteiger partial charge in [0.05, 0.1) is 0 Å². The fraction of sp³-hybridized carbons (Fsp3) is 0.333. The summed E-state index contributed by atoms with van der Waals surface area (Å²) in [5, 5.41) is 0. The summed E-state index contributed by atoms with van der Waals surface area (Å²) < 4.78 is 2.61. The Morgan fingerprint density at radius 1 is 1.14 bits per heavy atom. The Morgan fingerprint density at radius 2 is 1.57 bits per heavy atom. The van der Waals surface area contributed by atoms with E-state index in [9.17, 15) is 0 Å². The Hall–Kier alpha value is 0.350. The molecule has 1 heteroatoms. The maximum atomic E-state index is 3.65. The molecule has 0 amide bonds. The molecule has 0 aliphatic heterocycles. The first kappa shape index (κ1) is 7.35. The summed E-state index contributed by atoms with van der Waals surface area (Å²) in [6.07, 6.45) is 4.04. The molecule has 37 valence electrons.